The predicted octanol–water partition coefficient (Wildman–Crippen LogP) is 4.18. The lowest BCUT2D eigenvalue weighted by molar-refractivity contribution is -0.137. The summed E-state index contributed by atoms with van der Waals surface area (Å²) in [6.45, 7) is 3.78. The second-order valence-corrected chi connectivity index (χ2v) is 8.22. The number of halogens is 3. The Balaban J connectivity index is 1.32. The smallest absolute Gasteiger partial charge is 0.417 e. The molecule has 1 aliphatic heterocycles. The summed E-state index contributed by atoms with van der Waals surface area (Å²) in [5, 5.41) is 15.5. The molecule has 0 unspecified atom stereocenters. The van der Waals surface area contributed by atoms with Crippen LogP contribution in [0.25, 0.3) is 0 Å². The van der Waals surface area contributed by atoms with E-state index in [1.807, 2.05) is 12.3 Å². The van der Waals surface area contributed by atoms with E-state index >= 15 is 0 Å². The zero-order valence-corrected chi connectivity index (χ0v) is 17.7. The maximum absolute atomic E-state index is 13.2. The topological polar surface area (TPSA) is 73.2 Å². The van der Waals surface area contributed by atoms with Gasteiger partial charge in [0, 0.05) is 44.0 Å². The molecule has 0 spiro atoms. The first kappa shape index (κ1) is 22.2. The van der Waals surface area contributed by atoms with Crippen molar-refractivity contribution in [2.75, 3.05) is 36.4 Å². The standard InChI is InChI=1S/C23H26F3N5O/c24-23(25,26)22-11-18(2-1-16(22)13-27)30-17-3-5-20(6-4-17)32-21-12-19(14-29-15-21)31-9-7-28-8-10-31/h1-2,11-12,14-15,17,20,28,30H,3-10H2/t17-,20-. The van der Waals surface area contributed by atoms with Gasteiger partial charge in [-0.05, 0) is 43.9 Å². The van der Waals surface area contributed by atoms with Crippen molar-refractivity contribution in [1.29, 1.82) is 5.26 Å². The summed E-state index contributed by atoms with van der Waals surface area (Å²) < 4.78 is 45.7. The van der Waals surface area contributed by atoms with Crippen molar-refractivity contribution in [3.05, 3.63) is 47.8 Å². The number of nitrogens with one attached hydrogen (secondary N) is 2. The van der Waals surface area contributed by atoms with Crippen LogP contribution in [0, 0.1) is 11.3 Å². The molecule has 1 saturated heterocycles. The van der Waals surface area contributed by atoms with Crippen molar-refractivity contribution >= 4 is 11.4 Å². The predicted molar refractivity (Wildman–Crippen MR) is 116 cm³/mol. The highest BCUT2D eigenvalue weighted by Gasteiger charge is 2.34. The molecule has 4 rings (SSSR count). The van der Waals surface area contributed by atoms with Crippen molar-refractivity contribution in [1.82, 2.24) is 10.3 Å². The average molecular weight is 445 g/mol. The van der Waals surface area contributed by atoms with Gasteiger partial charge in [0.2, 0.25) is 0 Å². The van der Waals surface area contributed by atoms with Crippen molar-refractivity contribution in [3.8, 4) is 11.8 Å². The van der Waals surface area contributed by atoms with Crippen LogP contribution in [0.5, 0.6) is 5.75 Å². The molecule has 1 aliphatic carbocycles. The molecule has 9 heteroatoms. The van der Waals surface area contributed by atoms with E-state index in [2.05, 4.69) is 20.5 Å². The summed E-state index contributed by atoms with van der Waals surface area (Å²) in [5.74, 6) is 0.749. The monoisotopic (exact) mass is 445 g/mol. The zero-order chi connectivity index (χ0) is 22.6. The molecule has 2 aromatic rings. The van der Waals surface area contributed by atoms with Gasteiger partial charge in [0.05, 0.1) is 41.4 Å². The van der Waals surface area contributed by atoms with Gasteiger partial charge in [-0.2, -0.15) is 18.4 Å². The summed E-state index contributed by atoms with van der Waals surface area (Å²) in [6.07, 6.45) is 2.27. The first-order chi connectivity index (χ1) is 15.4. The molecule has 170 valence electrons. The number of piperazine rings is 1. The lowest BCUT2D eigenvalue weighted by Gasteiger charge is -2.31. The second kappa shape index (κ2) is 9.65. The Labute approximate surface area is 185 Å². The van der Waals surface area contributed by atoms with Crippen molar-refractivity contribution < 1.29 is 17.9 Å². The number of hydrogen-bond acceptors (Lipinski definition) is 6. The van der Waals surface area contributed by atoms with Crippen LogP contribution in [0.2, 0.25) is 0 Å². The van der Waals surface area contributed by atoms with Gasteiger partial charge < -0.3 is 20.3 Å². The Morgan fingerprint density at radius 3 is 2.53 bits per heavy atom. The Morgan fingerprint density at radius 1 is 1.09 bits per heavy atom. The first-order valence-corrected chi connectivity index (χ1v) is 10.9. The van der Waals surface area contributed by atoms with Crippen LogP contribution in [0.15, 0.2) is 36.7 Å². The second-order valence-electron chi connectivity index (χ2n) is 8.22. The molecule has 32 heavy (non-hydrogen) atoms. The van der Waals surface area contributed by atoms with Gasteiger partial charge >= 0.3 is 6.18 Å². The van der Waals surface area contributed by atoms with Crippen LogP contribution in [0.4, 0.5) is 24.5 Å². The molecule has 0 amide bonds. The van der Waals surface area contributed by atoms with E-state index in [4.69, 9.17) is 10.00 Å². The highest BCUT2D eigenvalue weighted by molar-refractivity contribution is 5.53. The molecular formula is C23H26F3N5O. The molecule has 0 atom stereocenters. The van der Waals surface area contributed by atoms with E-state index in [9.17, 15) is 13.2 Å². The third kappa shape index (κ3) is 5.43. The van der Waals surface area contributed by atoms with Crippen LogP contribution in [-0.4, -0.2) is 43.3 Å². The van der Waals surface area contributed by atoms with Gasteiger partial charge in [0.15, 0.2) is 0 Å². The number of rotatable bonds is 5. The van der Waals surface area contributed by atoms with Crippen LogP contribution in [0.3, 0.4) is 0 Å². The fraction of sp³-hybridized carbons (Fsp3) is 0.478. The van der Waals surface area contributed by atoms with Gasteiger partial charge in [-0.15, -0.1) is 0 Å². The highest BCUT2D eigenvalue weighted by Crippen LogP contribution is 2.34. The first-order valence-electron chi connectivity index (χ1n) is 10.9. The molecule has 0 radical (unpaired) electrons. The number of nitriles is 1. The van der Waals surface area contributed by atoms with Crippen LogP contribution in [0.1, 0.15) is 36.8 Å². The maximum atomic E-state index is 13.2. The number of benzene rings is 1. The largest absolute Gasteiger partial charge is 0.489 e. The van der Waals surface area contributed by atoms with E-state index in [1.165, 1.54) is 12.1 Å². The number of nitrogens with zero attached hydrogens (tertiary/aromatic N) is 3. The molecule has 0 bridgehead atoms. The van der Waals surface area contributed by atoms with Gasteiger partial charge in [0.25, 0.3) is 0 Å². The number of pyridine rings is 1. The molecule has 2 heterocycles. The minimum absolute atomic E-state index is 0.0554. The Hall–Kier alpha value is -2.99. The third-order valence-electron chi connectivity index (χ3n) is 5.97. The van der Waals surface area contributed by atoms with E-state index < -0.39 is 11.7 Å². The molecular weight excluding hydrogens is 419 g/mol. The lowest BCUT2D eigenvalue weighted by Crippen LogP contribution is -2.43. The van der Waals surface area contributed by atoms with E-state index in [-0.39, 0.29) is 17.7 Å². The number of anilines is 2. The Morgan fingerprint density at radius 2 is 1.84 bits per heavy atom. The minimum atomic E-state index is -4.55. The van der Waals surface area contributed by atoms with Crippen LogP contribution in [-0.2, 0) is 6.18 Å². The summed E-state index contributed by atoms with van der Waals surface area (Å²) in [6, 6.07) is 7.48. The van der Waals surface area contributed by atoms with E-state index in [0.29, 0.717) is 5.69 Å². The van der Waals surface area contributed by atoms with Gasteiger partial charge in [-0.25, -0.2) is 0 Å². The fourth-order valence-corrected chi connectivity index (χ4v) is 4.29. The lowest BCUT2D eigenvalue weighted by atomic mass is 9.92. The van der Waals surface area contributed by atoms with Gasteiger partial charge in [-0.1, -0.05) is 0 Å². The number of hydrogen-bond donors (Lipinski definition) is 2. The summed E-state index contributed by atoms with van der Waals surface area (Å²) >= 11 is 0. The van der Waals surface area contributed by atoms with Crippen molar-refractivity contribution in [3.63, 3.8) is 0 Å². The molecule has 2 aliphatic rings. The zero-order valence-electron chi connectivity index (χ0n) is 17.7. The van der Waals surface area contributed by atoms with Crippen molar-refractivity contribution in [2.24, 2.45) is 0 Å². The minimum Gasteiger partial charge on any atom is -0.489 e. The normalized spacial score (nSPS) is 21.6. The van der Waals surface area contributed by atoms with Crippen LogP contribution < -0.4 is 20.3 Å². The van der Waals surface area contributed by atoms with Crippen LogP contribution >= 0.6 is 0 Å². The quantitative estimate of drug-likeness (QED) is 0.719. The summed E-state index contributed by atoms with van der Waals surface area (Å²) in [7, 11) is 0. The number of alkyl halides is 3. The Bertz CT molecular complexity index is 961. The van der Waals surface area contributed by atoms with Crippen molar-refractivity contribution in [2.45, 2.75) is 44.0 Å². The molecule has 1 aromatic carbocycles. The molecule has 2 N–H and O–H groups in total. The SMILES string of the molecule is N#Cc1ccc(N[C@H]2CC[C@H](Oc3cncc(N4CCNCC4)c3)CC2)cc1C(F)(F)F. The Kier molecular flexibility index (Phi) is 6.70. The van der Waals surface area contributed by atoms with E-state index in [1.54, 1.807) is 12.3 Å². The summed E-state index contributed by atoms with van der Waals surface area (Å²) in [4.78, 5) is 6.61. The molecule has 1 aromatic heterocycles. The summed E-state index contributed by atoms with van der Waals surface area (Å²) in [5.41, 5.74) is 0.171. The van der Waals surface area contributed by atoms with Gasteiger partial charge in [-0.3, -0.25) is 4.98 Å². The fourth-order valence-electron chi connectivity index (χ4n) is 4.29. The molecule has 2 fully saturated rings. The number of ether oxygens (including phenoxy) is 1. The molecule has 1 saturated carbocycles. The highest BCUT2D eigenvalue weighted by atomic mass is 19.4. The maximum Gasteiger partial charge on any atom is 0.417 e. The average Bonchev–Trinajstić information content (AvgIpc) is 2.80. The third-order valence-corrected chi connectivity index (χ3v) is 5.97. The number of aromatic nitrogens is 1. The van der Waals surface area contributed by atoms with Gasteiger partial charge in [0.1, 0.15) is 5.75 Å². The van der Waals surface area contributed by atoms with E-state index in [0.717, 1.165) is 69.4 Å². The molecule has 6 nitrogen and oxygen atoms in total.